The van der Waals surface area contributed by atoms with Gasteiger partial charge in [-0.05, 0) is 43.5 Å². The number of aromatic nitrogens is 1. The molecular weight excluding hydrogens is 244 g/mol. The van der Waals surface area contributed by atoms with Crippen LogP contribution < -0.4 is 5.32 Å². The number of anilines is 1. The average Bonchev–Trinajstić information content (AvgIpc) is 2.36. The molecule has 0 aliphatic carbocycles. The minimum atomic E-state index is 0.778. The van der Waals surface area contributed by atoms with E-state index in [4.69, 9.17) is 16.6 Å². The molecule has 1 N–H and O–H groups in total. The zero-order valence-electron chi connectivity index (χ0n) is 11.2. The maximum absolute atomic E-state index is 6.16. The van der Waals surface area contributed by atoms with E-state index in [1.54, 1.807) is 0 Å². The molecule has 1 aromatic heterocycles. The number of pyridine rings is 1. The summed E-state index contributed by atoms with van der Waals surface area (Å²) < 4.78 is 0. The number of halogens is 1. The van der Waals surface area contributed by atoms with Crippen LogP contribution in [-0.2, 0) is 6.42 Å². The standard InChI is InChI=1S/C15H19ClN2/c1-4-6-12-9-11-7-8-13(16)10(3)14(11)18-15(12)17-5-2/h7-9H,4-6H2,1-3H3,(H,17,18). The zero-order chi connectivity index (χ0) is 13.1. The lowest BCUT2D eigenvalue weighted by Gasteiger charge is -2.12. The Hall–Kier alpha value is -1.28. The smallest absolute Gasteiger partial charge is 0.129 e. The molecule has 0 amide bonds. The summed E-state index contributed by atoms with van der Waals surface area (Å²) in [5, 5.41) is 5.29. The first-order valence-corrected chi connectivity index (χ1v) is 6.87. The number of hydrogen-bond donors (Lipinski definition) is 1. The van der Waals surface area contributed by atoms with Crippen molar-refractivity contribution in [2.45, 2.75) is 33.6 Å². The number of hydrogen-bond acceptors (Lipinski definition) is 2. The van der Waals surface area contributed by atoms with Gasteiger partial charge in [-0.3, -0.25) is 0 Å². The summed E-state index contributed by atoms with van der Waals surface area (Å²) in [4.78, 5) is 4.75. The highest BCUT2D eigenvalue weighted by molar-refractivity contribution is 6.32. The lowest BCUT2D eigenvalue weighted by atomic mass is 10.1. The molecule has 0 aliphatic rings. The Bertz CT molecular complexity index is 564. The van der Waals surface area contributed by atoms with Gasteiger partial charge in [0.2, 0.25) is 0 Å². The predicted octanol–water partition coefficient (Wildman–Crippen LogP) is 4.58. The first kappa shape index (κ1) is 13.2. The van der Waals surface area contributed by atoms with Gasteiger partial charge >= 0.3 is 0 Å². The van der Waals surface area contributed by atoms with E-state index in [9.17, 15) is 0 Å². The van der Waals surface area contributed by atoms with Crippen molar-refractivity contribution in [3.63, 3.8) is 0 Å². The van der Waals surface area contributed by atoms with Crippen LogP contribution in [-0.4, -0.2) is 11.5 Å². The van der Waals surface area contributed by atoms with Gasteiger partial charge in [0, 0.05) is 17.0 Å². The van der Waals surface area contributed by atoms with Gasteiger partial charge in [-0.1, -0.05) is 31.0 Å². The first-order valence-electron chi connectivity index (χ1n) is 6.50. The molecule has 0 aliphatic heterocycles. The fourth-order valence-corrected chi connectivity index (χ4v) is 2.33. The van der Waals surface area contributed by atoms with E-state index in [-0.39, 0.29) is 0 Å². The zero-order valence-corrected chi connectivity index (χ0v) is 11.9. The van der Waals surface area contributed by atoms with E-state index in [0.29, 0.717) is 0 Å². The molecule has 1 aromatic carbocycles. The van der Waals surface area contributed by atoms with Gasteiger partial charge < -0.3 is 5.32 Å². The Labute approximate surface area is 113 Å². The fourth-order valence-electron chi connectivity index (χ4n) is 2.18. The summed E-state index contributed by atoms with van der Waals surface area (Å²) in [6, 6.07) is 6.23. The summed E-state index contributed by atoms with van der Waals surface area (Å²) in [6.45, 7) is 7.18. The Balaban J connectivity index is 2.64. The van der Waals surface area contributed by atoms with Crippen LogP contribution in [0.15, 0.2) is 18.2 Å². The Morgan fingerprint density at radius 1 is 1.28 bits per heavy atom. The van der Waals surface area contributed by atoms with E-state index < -0.39 is 0 Å². The van der Waals surface area contributed by atoms with Crippen molar-refractivity contribution in [1.29, 1.82) is 0 Å². The fraction of sp³-hybridized carbons (Fsp3) is 0.400. The van der Waals surface area contributed by atoms with E-state index in [1.807, 2.05) is 19.1 Å². The van der Waals surface area contributed by atoms with Crippen LogP contribution in [0.1, 0.15) is 31.4 Å². The average molecular weight is 263 g/mol. The molecule has 0 spiro atoms. The van der Waals surface area contributed by atoms with Crippen molar-refractivity contribution >= 4 is 28.3 Å². The van der Waals surface area contributed by atoms with Gasteiger partial charge in [0.05, 0.1) is 5.52 Å². The van der Waals surface area contributed by atoms with Crippen molar-refractivity contribution in [2.75, 3.05) is 11.9 Å². The molecule has 0 saturated carbocycles. The lowest BCUT2D eigenvalue weighted by Crippen LogP contribution is -2.04. The molecule has 0 fully saturated rings. The minimum Gasteiger partial charge on any atom is -0.370 e. The minimum absolute atomic E-state index is 0.778. The SMILES string of the molecule is CCCc1cc2ccc(Cl)c(C)c2nc1NCC. The van der Waals surface area contributed by atoms with Gasteiger partial charge in [0.1, 0.15) is 5.82 Å². The summed E-state index contributed by atoms with van der Waals surface area (Å²) in [5.41, 5.74) is 3.34. The van der Waals surface area contributed by atoms with Crippen molar-refractivity contribution in [1.82, 2.24) is 4.98 Å². The van der Waals surface area contributed by atoms with Crippen LogP contribution in [0.4, 0.5) is 5.82 Å². The van der Waals surface area contributed by atoms with Crippen LogP contribution in [0.5, 0.6) is 0 Å². The third kappa shape index (κ3) is 2.44. The third-order valence-electron chi connectivity index (χ3n) is 3.12. The normalized spacial score (nSPS) is 10.9. The van der Waals surface area contributed by atoms with Crippen molar-refractivity contribution < 1.29 is 0 Å². The second-order valence-corrected chi connectivity index (χ2v) is 4.93. The number of nitrogens with one attached hydrogen (secondary N) is 1. The molecule has 0 unspecified atom stereocenters. The monoisotopic (exact) mass is 262 g/mol. The molecule has 96 valence electrons. The molecule has 0 radical (unpaired) electrons. The van der Waals surface area contributed by atoms with E-state index >= 15 is 0 Å². The quantitative estimate of drug-likeness (QED) is 0.872. The van der Waals surface area contributed by atoms with Crippen molar-refractivity contribution in [3.05, 3.63) is 34.3 Å². The maximum Gasteiger partial charge on any atom is 0.129 e. The summed E-state index contributed by atoms with van der Waals surface area (Å²) >= 11 is 6.16. The second-order valence-electron chi connectivity index (χ2n) is 4.52. The van der Waals surface area contributed by atoms with Crippen LogP contribution >= 0.6 is 11.6 Å². The summed E-state index contributed by atoms with van der Waals surface area (Å²) in [7, 11) is 0. The van der Waals surface area contributed by atoms with Crippen molar-refractivity contribution in [2.24, 2.45) is 0 Å². The highest BCUT2D eigenvalue weighted by Crippen LogP contribution is 2.28. The Morgan fingerprint density at radius 3 is 2.72 bits per heavy atom. The molecule has 18 heavy (non-hydrogen) atoms. The van der Waals surface area contributed by atoms with Gasteiger partial charge in [0.15, 0.2) is 0 Å². The highest BCUT2D eigenvalue weighted by atomic mass is 35.5. The predicted molar refractivity (Wildman–Crippen MR) is 79.6 cm³/mol. The van der Waals surface area contributed by atoms with Gasteiger partial charge in [0.25, 0.3) is 0 Å². The topological polar surface area (TPSA) is 24.9 Å². The van der Waals surface area contributed by atoms with E-state index in [0.717, 1.165) is 41.3 Å². The number of aryl methyl sites for hydroxylation is 2. The molecule has 0 bridgehead atoms. The van der Waals surface area contributed by atoms with Crippen LogP contribution in [0.2, 0.25) is 5.02 Å². The molecule has 0 atom stereocenters. The number of fused-ring (bicyclic) bond motifs is 1. The largest absolute Gasteiger partial charge is 0.370 e. The Kier molecular flexibility index (Phi) is 4.07. The molecule has 0 saturated heterocycles. The van der Waals surface area contributed by atoms with Gasteiger partial charge in [-0.15, -0.1) is 0 Å². The maximum atomic E-state index is 6.16. The molecule has 2 aromatic rings. The molecule has 2 nitrogen and oxygen atoms in total. The van der Waals surface area contributed by atoms with E-state index in [2.05, 4.69) is 25.2 Å². The summed E-state index contributed by atoms with van der Waals surface area (Å²) in [6.07, 6.45) is 2.17. The number of benzene rings is 1. The molecular formula is C15H19ClN2. The van der Waals surface area contributed by atoms with Crippen molar-refractivity contribution in [3.8, 4) is 0 Å². The molecule has 3 heteroatoms. The van der Waals surface area contributed by atoms with Crippen LogP contribution in [0.25, 0.3) is 10.9 Å². The number of nitrogens with zero attached hydrogens (tertiary/aromatic N) is 1. The van der Waals surface area contributed by atoms with Gasteiger partial charge in [-0.2, -0.15) is 0 Å². The molecule has 1 heterocycles. The lowest BCUT2D eigenvalue weighted by molar-refractivity contribution is 0.916. The van der Waals surface area contributed by atoms with E-state index in [1.165, 1.54) is 10.9 Å². The first-order chi connectivity index (χ1) is 8.67. The van der Waals surface area contributed by atoms with Crippen LogP contribution in [0, 0.1) is 6.92 Å². The van der Waals surface area contributed by atoms with Crippen LogP contribution in [0.3, 0.4) is 0 Å². The second kappa shape index (κ2) is 5.57. The molecule has 2 rings (SSSR count). The number of rotatable bonds is 4. The van der Waals surface area contributed by atoms with Gasteiger partial charge in [-0.25, -0.2) is 4.98 Å². The highest BCUT2D eigenvalue weighted by Gasteiger charge is 2.09. The third-order valence-corrected chi connectivity index (χ3v) is 3.53. The summed E-state index contributed by atoms with van der Waals surface area (Å²) in [5.74, 6) is 0.997. The Morgan fingerprint density at radius 2 is 2.06 bits per heavy atom.